The number of amides is 2. The fraction of sp³-hybridized carbons (Fsp3) is 0.333. The van der Waals surface area contributed by atoms with E-state index in [1.165, 1.54) is 24.3 Å². The summed E-state index contributed by atoms with van der Waals surface area (Å²) in [6.07, 6.45) is -1.36. The number of primary amides is 1. The molecule has 104 valence electrons. The third kappa shape index (κ3) is 4.53. The molecule has 0 radical (unpaired) electrons. The van der Waals surface area contributed by atoms with E-state index in [1.54, 1.807) is 0 Å². The van der Waals surface area contributed by atoms with Gasteiger partial charge in [-0.05, 0) is 5.56 Å². The molecule has 0 spiro atoms. The summed E-state index contributed by atoms with van der Waals surface area (Å²) in [7, 11) is 0. The quantitative estimate of drug-likeness (QED) is 0.757. The van der Waals surface area contributed by atoms with Crippen molar-refractivity contribution in [1.29, 1.82) is 0 Å². The topological polar surface area (TPSA) is 92.4 Å². The highest BCUT2D eigenvalue weighted by atomic mass is 19.3. The van der Waals surface area contributed by atoms with Gasteiger partial charge in [0.15, 0.2) is 0 Å². The number of carbonyl (C=O) groups is 2. The van der Waals surface area contributed by atoms with Gasteiger partial charge in [-0.1, -0.05) is 24.3 Å². The van der Waals surface area contributed by atoms with Crippen molar-refractivity contribution in [1.82, 2.24) is 5.32 Å². The zero-order chi connectivity index (χ0) is 14.6. The normalized spacial score (nSPS) is 12.8. The maximum Gasteiger partial charge on any atom is 0.405 e. The number of carbonyl (C=O) groups excluding carboxylic acids is 1. The second-order valence-electron chi connectivity index (χ2n) is 4.19. The van der Waals surface area contributed by atoms with Crippen molar-refractivity contribution in [3.05, 3.63) is 35.4 Å². The molecule has 1 rings (SSSR count). The fourth-order valence-corrected chi connectivity index (χ4v) is 1.54. The summed E-state index contributed by atoms with van der Waals surface area (Å²) in [5.41, 5.74) is 5.43. The summed E-state index contributed by atoms with van der Waals surface area (Å²) in [6, 6.07) is 4.19. The first-order valence-corrected chi connectivity index (χ1v) is 5.46. The monoisotopic (exact) mass is 272 g/mol. The van der Waals surface area contributed by atoms with Gasteiger partial charge in [-0.2, -0.15) is 0 Å². The number of nitrogens with two attached hydrogens (primary N) is 1. The molecule has 0 aromatic heterocycles. The molecule has 0 heterocycles. The van der Waals surface area contributed by atoms with E-state index in [4.69, 9.17) is 10.8 Å². The highest BCUT2D eigenvalue weighted by molar-refractivity contribution is 5.84. The Kier molecular flexibility index (Phi) is 4.42. The fourth-order valence-electron chi connectivity index (χ4n) is 1.54. The van der Waals surface area contributed by atoms with Crippen molar-refractivity contribution >= 4 is 12.0 Å². The Labute approximate surface area is 108 Å². The lowest BCUT2D eigenvalue weighted by Gasteiger charge is -2.14. The Morgan fingerprint density at radius 2 is 1.89 bits per heavy atom. The van der Waals surface area contributed by atoms with E-state index < -0.39 is 24.0 Å². The van der Waals surface area contributed by atoms with Crippen LogP contribution in [0.3, 0.4) is 0 Å². The van der Waals surface area contributed by atoms with Crippen LogP contribution in [-0.4, -0.2) is 23.1 Å². The molecule has 0 fully saturated rings. The van der Waals surface area contributed by atoms with Crippen molar-refractivity contribution in [2.75, 3.05) is 0 Å². The zero-order valence-corrected chi connectivity index (χ0v) is 10.2. The summed E-state index contributed by atoms with van der Waals surface area (Å²) in [5.74, 6) is -3.77. The van der Waals surface area contributed by atoms with Gasteiger partial charge < -0.3 is 16.2 Å². The van der Waals surface area contributed by atoms with Gasteiger partial charge in [0.05, 0.1) is 0 Å². The SMILES string of the molecule is CC(F)(F)c1ccc(CC(NC(=O)O)C(N)=O)cc1. The third-order valence-electron chi connectivity index (χ3n) is 2.54. The van der Waals surface area contributed by atoms with Crippen molar-refractivity contribution < 1.29 is 23.5 Å². The lowest BCUT2D eigenvalue weighted by molar-refractivity contribution is -0.119. The van der Waals surface area contributed by atoms with Crippen molar-refractivity contribution in [3.8, 4) is 0 Å². The van der Waals surface area contributed by atoms with Crippen LogP contribution in [-0.2, 0) is 17.1 Å². The largest absolute Gasteiger partial charge is 0.465 e. The Morgan fingerprint density at radius 3 is 2.26 bits per heavy atom. The first-order valence-electron chi connectivity index (χ1n) is 5.46. The molecule has 19 heavy (non-hydrogen) atoms. The molecule has 7 heteroatoms. The van der Waals surface area contributed by atoms with E-state index in [2.05, 4.69) is 0 Å². The summed E-state index contributed by atoms with van der Waals surface area (Å²) in [6.45, 7) is 0.778. The average molecular weight is 272 g/mol. The number of rotatable bonds is 5. The molecule has 1 atom stereocenters. The van der Waals surface area contributed by atoms with Crippen LogP contribution in [0.25, 0.3) is 0 Å². The Balaban J connectivity index is 2.81. The minimum atomic E-state index is -2.94. The van der Waals surface area contributed by atoms with Crippen LogP contribution in [0.4, 0.5) is 13.6 Å². The third-order valence-corrected chi connectivity index (χ3v) is 2.54. The van der Waals surface area contributed by atoms with Crippen LogP contribution in [0.5, 0.6) is 0 Å². The Morgan fingerprint density at radius 1 is 1.37 bits per heavy atom. The van der Waals surface area contributed by atoms with E-state index in [0.717, 1.165) is 6.92 Å². The van der Waals surface area contributed by atoms with Crippen LogP contribution >= 0.6 is 0 Å². The smallest absolute Gasteiger partial charge is 0.405 e. The molecule has 0 aliphatic heterocycles. The van der Waals surface area contributed by atoms with E-state index in [-0.39, 0.29) is 12.0 Å². The van der Waals surface area contributed by atoms with Crippen LogP contribution < -0.4 is 11.1 Å². The molecule has 4 N–H and O–H groups in total. The second kappa shape index (κ2) is 5.64. The van der Waals surface area contributed by atoms with Gasteiger partial charge in [0, 0.05) is 18.9 Å². The summed E-state index contributed by atoms with van der Waals surface area (Å²) in [4.78, 5) is 21.5. The standard InChI is InChI=1S/C12H14F2N2O3/c1-12(13,14)8-4-2-7(3-5-8)6-9(10(15)17)16-11(18)19/h2-5,9,16H,6H2,1H3,(H2,15,17)(H,18,19). The molecule has 0 saturated carbocycles. The summed E-state index contributed by atoms with van der Waals surface area (Å²) in [5, 5.41) is 10.5. The lowest BCUT2D eigenvalue weighted by atomic mass is 10.0. The van der Waals surface area contributed by atoms with E-state index in [1.807, 2.05) is 5.32 Å². The molecular formula is C12H14F2N2O3. The molecule has 0 bridgehead atoms. The van der Waals surface area contributed by atoms with Crippen molar-refractivity contribution in [3.63, 3.8) is 0 Å². The lowest BCUT2D eigenvalue weighted by Crippen LogP contribution is -2.45. The van der Waals surface area contributed by atoms with Crippen molar-refractivity contribution in [2.24, 2.45) is 5.73 Å². The predicted molar refractivity (Wildman–Crippen MR) is 63.9 cm³/mol. The number of alkyl halides is 2. The molecule has 1 unspecified atom stereocenters. The number of nitrogens with one attached hydrogen (secondary N) is 1. The van der Waals surface area contributed by atoms with Crippen molar-refractivity contribution in [2.45, 2.75) is 25.3 Å². The number of halogens is 2. The molecule has 5 nitrogen and oxygen atoms in total. The minimum absolute atomic E-state index is 0.0111. The first kappa shape index (κ1) is 14.9. The van der Waals surface area contributed by atoms with E-state index in [0.29, 0.717) is 5.56 Å². The maximum absolute atomic E-state index is 13.0. The summed E-state index contributed by atoms with van der Waals surface area (Å²) < 4.78 is 26.0. The molecule has 1 aromatic rings. The molecular weight excluding hydrogens is 258 g/mol. The Bertz CT molecular complexity index is 469. The number of carboxylic acid groups (broad SMARTS) is 1. The highest BCUT2D eigenvalue weighted by Gasteiger charge is 2.24. The predicted octanol–water partition coefficient (Wildman–Crippen LogP) is 1.46. The molecule has 0 aliphatic rings. The van der Waals surface area contributed by atoms with Crippen LogP contribution in [0, 0.1) is 0 Å². The van der Waals surface area contributed by atoms with Gasteiger partial charge >= 0.3 is 6.09 Å². The van der Waals surface area contributed by atoms with Gasteiger partial charge in [-0.25, -0.2) is 13.6 Å². The number of hydrogen-bond donors (Lipinski definition) is 3. The minimum Gasteiger partial charge on any atom is -0.465 e. The Hall–Kier alpha value is -2.18. The van der Waals surface area contributed by atoms with Gasteiger partial charge in [0.1, 0.15) is 6.04 Å². The van der Waals surface area contributed by atoms with Gasteiger partial charge in [-0.15, -0.1) is 0 Å². The van der Waals surface area contributed by atoms with Gasteiger partial charge in [0.25, 0.3) is 5.92 Å². The number of hydrogen-bond acceptors (Lipinski definition) is 2. The summed E-state index contributed by atoms with van der Waals surface area (Å²) >= 11 is 0. The van der Waals surface area contributed by atoms with Crippen LogP contribution in [0.2, 0.25) is 0 Å². The highest BCUT2D eigenvalue weighted by Crippen LogP contribution is 2.26. The number of benzene rings is 1. The molecule has 0 saturated heterocycles. The van der Waals surface area contributed by atoms with E-state index in [9.17, 15) is 18.4 Å². The van der Waals surface area contributed by atoms with E-state index >= 15 is 0 Å². The first-order chi connectivity index (χ1) is 8.70. The maximum atomic E-state index is 13.0. The van der Waals surface area contributed by atoms with Crippen LogP contribution in [0.15, 0.2) is 24.3 Å². The molecule has 2 amide bonds. The van der Waals surface area contributed by atoms with Gasteiger partial charge in [0.2, 0.25) is 5.91 Å². The second-order valence-corrected chi connectivity index (χ2v) is 4.19. The molecule has 1 aromatic carbocycles. The zero-order valence-electron chi connectivity index (χ0n) is 10.2. The average Bonchev–Trinajstić information content (AvgIpc) is 2.27. The molecule has 0 aliphatic carbocycles. The van der Waals surface area contributed by atoms with Crippen LogP contribution in [0.1, 0.15) is 18.1 Å². The van der Waals surface area contributed by atoms with Gasteiger partial charge in [-0.3, -0.25) is 4.79 Å².